The van der Waals surface area contributed by atoms with Gasteiger partial charge in [-0.3, -0.25) is 9.69 Å². The van der Waals surface area contributed by atoms with E-state index < -0.39 is 6.09 Å². The monoisotopic (exact) mass is 348 g/mol. The van der Waals surface area contributed by atoms with Crippen LogP contribution in [0.5, 0.6) is 0 Å². The summed E-state index contributed by atoms with van der Waals surface area (Å²) in [5.74, 6) is -0.173. The average Bonchev–Trinajstić information content (AvgIpc) is 3.27. The van der Waals surface area contributed by atoms with E-state index in [1.54, 1.807) is 22.7 Å². The van der Waals surface area contributed by atoms with E-state index in [1.165, 1.54) is 20.2 Å². The van der Waals surface area contributed by atoms with Gasteiger partial charge in [0.15, 0.2) is 0 Å². The van der Waals surface area contributed by atoms with Crippen LogP contribution < -0.4 is 0 Å². The second kappa shape index (κ2) is 6.07. The van der Waals surface area contributed by atoms with Crippen LogP contribution in [0.3, 0.4) is 0 Å². The molecular weight excluding hydrogens is 332 g/mol. The lowest BCUT2D eigenvalue weighted by molar-refractivity contribution is -0.129. The summed E-state index contributed by atoms with van der Waals surface area (Å²) < 4.78 is 4.87. The van der Waals surface area contributed by atoms with Crippen molar-refractivity contribution < 1.29 is 14.3 Å². The normalized spacial score (nSPS) is 21.3. The van der Waals surface area contributed by atoms with Gasteiger partial charge >= 0.3 is 6.09 Å². The van der Waals surface area contributed by atoms with Gasteiger partial charge in [-0.15, -0.1) is 22.7 Å². The summed E-state index contributed by atoms with van der Waals surface area (Å²) in [5.41, 5.74) is 1.29. The van der Waals surface area contributed by atoms with Crippen LogP contribution in [-0.2, 0) is 16.0 Å². The number of carbonyl (C=O) groups excluding carboxylic acids is 2. The number of cyclic esters (lactones) is 1. The number of fused-ring (bicyclic) bond motifs is 1. The Balaban J connectivity index is 1.60. The van der Waals surface area contributed by atoms with Gasteiger partial charge in [-0.1, -0.05) is 6.07 Å². The first kappa shape index (κ1) is 14.9. The fourth-order valence-electron chi connectivity index (χ4n) is 3.20. The summed E-state index contributed by atoms with van der Waals surface area (Å²) >= 11 is 3.49. The van der Waals surface area contributed by atoms with E-state index in [4.69, 9.17) is 4.74 Å². The van der Waals surface area contributed by atoms with E-state index in [1.807, 2.05) is 6.07 Å². The highest BCUT2D eigenvalue weighted by Crippen LogP contribution is 2.39. The number of ether oxygens (including phenoxy) is 1. The van der Waals surface area contributed by atoms with E-state index in [9.17, 15) is 9.59 Å². The molecule has 5 nitrogen and oxygen atoms in total. The Bertz CT molecular complexity index is 726. The van der Waals surface area contributed by atoms with Crippen molar-refractivity contribution in [2.75, 3.05) is 26.2 Å². The Kier molecular flexibility index (Phi) is 3.92. The maximum absolute atomic E-state index is 12.5. The minimum absolute atomic E-state index is 0.104. The SMILES string of the molecule is O=C(CN1CCc2sccc2[C@H]1c1cccs1)N1CCOC1=O. The molecule has 1 atom stereocenters. The zero-order chi connectivity index (χ0) is 15.8. The summed E-state index contributed by atoms with van der Waals surface area (Å²) in [6.45, 7) is 1.73. The third kappa shape index (κ3) is 2.69. The van der Waals surface area contributed by atoms with Crippen LogP contribution >= 0.6 is 22.7 Å². The standard InChI is InChI=1S/C16H16N2O3S2/c19-14(18-6-7-21-16(18)20)10-17-5-3-12-11(4-9-23-12)15(17)13-2-1-8-22-13/h1-2,4,8-9,15H,3,5-7,10H2/t15-/m0/s1. The van der Waals surface area contributed by atoms with Crippen molar-refractivity contribution in [3.05, 3.63) is 44.3 Å². The minimum atomic E-state index is -0.518. The van der Waals surface area contributed by atoms with Gasteiger partial charge in [0.25, 0.3) is 0 Å². The highest BCUT2D eigenvalue weighted by molar-refractivity contribution is 7.10. The number of hydrogen-bond acceptors (Lipinski definition) is 6. The molecule has 4 heterocycles. The molecule has 4 rings (SSSR count). The summed E-state index contributed by atoms with van der Waals surface area (Å²) in [5, 5.41) is 4.18. The summed E-state index contributed by atoms with van der Waals surface area (Å²) in [4.78, 5) is 30.1. The molecule has 120 valence electrons. The van der Waals surface area contributed by atoms with Crippen molar-refractivity contribution in [1.82, 2.24) is 9.80 Å². The van der Waals surface area contributed by atoms with Crippen molar-refractivity contribution in [3.8, 4) is 0 Å². The Morgan fingerprint density at radius 3 is 2.91 bits per heavy atom. The van der Waals surface area contributed by atoms with E-state index in [0.29, 0.717) is 13.2 Å². The molecule has 1 fully saturated rings. The molecule has 7 heteroatoms. The van der Waals surface area contributed by atoms with E-state index in [0.717, 1.165) is 13.0 Å². The van der Waals surface area contributed by atoms with E-state index >= 15 is 0 Å². The van der Waals surface area contributed by atoms with Gasteiger partial charge in [0.05, 0.1) is 19.1 Å². The first-order valence-electron chi connectivity index (χ1n) is 7.55. The van der Waals surface area contributed by atoms with Gasteiger partial charge in [-0.05, 0) is 34.9 Å². The molecule has 2 aliphatic rings. The fourth-order valence-corrected chi connectivity index (χ4v) is 4.98. The predicted octanol–water partition coefficient (Wildman–Crippen LogP) is 2.74. The van der Waals surface area contributed by atoms with Gasteiger partial charge in [-0.25, -0.2) is 9.69 Å². The molecule has 2 amide bonds. The third-order valence-corrected chi connectivity index (χ3v) is 6.20. The van der Waals surface area contributed by atoms with Crippen molar-refractivity contribution in [3.63, 3.8) is 0 Å². The molecule has 0 N–H and O–H groups in total. The van der Waals surface area contributed by atoms with Crippen LogP contribution in [0.25, 0.3) is 0 Å². The largest absolute Gasteiger partial charge is 0.447 e. The van der Waals surface area contributed by atoms with E-state index in [2.05, 4.69) is 27.8 Å². The van der Waals surface area contributed by atoms with Crippen molar-refractivity contribution >= 4 is 34.7 Å². The molecule has 0 aromatic carbocycles. The summed E-state index contributed by atoms with van der Waals surface area (Å²) in [6.07, 6.45) is 0.433. The molecular formula is C16H16N2O3S2. The van der Waals surface area contributed by atoms with Crippen LogP contribution in [0.1, 0.15) is 21.4 Å². The lowest BCUT2D eigenvalue weighted by Gasteiger charge is -2.35. The quantitative estimate of drug-likeness (QED) is 0.856. The lowest BCUT2D eigenvalue weighted by atomic mass is 9.98. The molecule has 0 radical (unpaired) electrons. The van der Waals surface area contributed by atoms with Gasteiger partial charge in [-0.2, -0.15) is 0 Å². The lowest BCUT2D eigenvalue weighted by Crippen LogP contribution is -2.44. The number of rotatable bonds is 3. The Hall–Kier alpha value is -1.70. The molecule has 0 spiro atoms. The van der Waals surface area contributed by atoms with Gasteiger partial charge in [0, 0.05) is 16.3 Å². The van der Waals surface area contributed by atoms with Crippen LogP contribution in [0, 0.1) is 0 Å². The molecule has 2 aliphatic heterocycles. The number of thiophene rings is 2. The first-order valence-corrected chi connectivity index (χ1v) is 9.31. The highest BCUT2D eigenvalue weighted by atomic mass is 32.1. The Labute approximate surface area is 142 Å². The van der Waals surface area contributed by atoms with E-state index in [-0.39, 0.29) is 18.5 Å². The average molecular weight is 348 g/mol. The first-order chi connectivity index (χ1) is 11.2. The minimum Gasteiger partial charge on any atom is -0.447 e. The van der Waals surface area contributed by atoms with Crippen LogP contribution in [0.2, 0.25) is 0 Å². The number of imide groups is 1. The van der Waals surface area contributed by atoms with Gasteiger partial charge in [0.1, 0.15) is 6.61 Å². The Morgan fingerprint density at radius 2 is 2.17 bits per heavy atom. The molecule has 2 aromatic heterocycles. The number of amides is 2. The maximum atomic E-state index is 12.5. The Morgan fingerprint density at radius 1 is 1.26 bits per heavy atom. The van der Waals surface area contributed by atoms with Gasteiger partial charge < -0.3 is 4.74 Å². The second-order valence-corrected chi connectivity index (χ2v) is 7.58. The molecule has 2 aromatic rings. The highest BCUT2D eigenvalue weighted by Gasteiger charge is 2.35. The smallest absolute Gasteiger partial charge is 0.416 e. The van der Waals surface area contributed by atoms with Crippen LogP contribution in [-0.4, -0.2) is 48.0 Å². The maximum Gasteiger partial charge on any atom is 0.416 e. The molecule has 23 heavy (non-hydrogen) atoms. The zero-order valence-corrected chi connectivity index (χ0v) is 14.1. The topological polar surface area (TPSA) is 49.9 Å². The number of hydrogen-bond donors (Lipinski definition) is 0. The van der Waals surface area contributed by atoms with Crippen LogP contribution in [0.15, 0.2) is 29.0 Å². The summed E-state index contributed by atoms with van der Waals surface area (Å²) in [6, 6.07) is 6.42. The van der Waals surface area contributed by atoms with Crippen molar-refractivity contribution in [2.24, 2.45) is 0 Å². The van der Waals surface area contributed by atoms with Crippen molar-refractivity contribution in [1.29, 1.82) is 0 Å². The zero-order valence-electron chi connectivity index (χ0n) is 12.4. The van der Waals surface area contributed by atoms with Crippen LogP contribution in [0.4, 0.5) is 4.79 Å². The third-order valence-electron chi connectivity index (χ3n) is 4.28. The molecule has 0 unspecified atom stereocenters. The molecule has 1 saturated heterocycles. The number of carbonyl (C=O) groups is 2. The van der Waals surface area contributed by atoms with Crippen molar-refractivity contribution in [2.45, 2.75) is 12.5 Å². The second-order valence-electron chi connectivity index (χ2n) is 5.60. The van der Waals surface area contributed by atoms with Gasteiger partial charge in [0.2, 0.25) is 5.91 Å². The molecule has 0 bridgehead atoms. The molecule has 0 aliphatic carbocycles. The predicted molar refractivity (Wildman–Crippen MR) is 88.8 cm³/mol. The summed E-state index contributed by atoms with van der Waals surface area (Å²) in [7, 11) is 0. The fraction of sp³-hybridized carbons (Fsp3) is 0.375. The molecule has 0 saturated carbocycles. The number of nitrogens with zero attached hydrogens (tertiary/aromatic N) is 2.